The summed E-state index contributed by atoms with van der Waals surface area (Å²) in [6.45, 7) is 2.71. The van der Waals surface area contributed by atoms with E-state index in [4.69, 9.17) is 0 Å². The molecular weight excluding hydrogens is 324 g/mol. The van der Waals surface area contributed by atoms with Crippen LogP contribution in [0.15, 0.2) is 46.9 Å². The molecule has 0 spiro atoms. The summed E-state index contributed by atoms with van der Waals surface area (Å²) in [7, 11) is 0. The van der Waals surface area contributed by atoms with Crippen LogP contribution in [0.1, 0.15) is 24.1 Å². The van der Waals surface area contributed by atoms with Gasteiger partial charge in [0.15, 0.2) is 0 Å². The van der Waals surface area contributed by atoms with E-state index in [9.17, 15) is 8.78 Å². The van der Waals surface area contributed by atoms with E-state index in [1.807, 2.05) is 13.0 Å². The molecule has 0 aromatic heterocycles. The third-order valence-electron chi connectivity index (χ3n) is 3.15. The van der Waals surface area contributed by atoms with Crippen molar-refractivity contribution in [2.75, 3.05) is 6.54 Å². The van der Waals surface area contributed by atoms with Gasteiger partial charge in [0.05, 0.1) is 0 Å². The topological polar surface area (TPSA) is 12.0 Å². The smallest absolute Gasteiger partial charge is 0.129 e. The van der Waals surface area contributed by atoms with E-state index in [0.29, 0.717) is 12.0 Å². The molecule has 2 aromatic rings. The monoisotopic (exact) mass is 339 g/mol. The minimum atomic E-state index is -0.263. The second kappa shape index (κ2) is 6.95. The summed E-state index contributed by atoms with van der Waals surface area (Å²) in [4.78, 5) is 0. The molecule has 2 aromatic carbocycles. The van der Waals surface area contributed by atoms with E-state index in [-0.39, 0.29) is 17.7 Å². The molecule has 106 valence electrons. The number of hydrogen-bond donors (Lipinski definition) is 1. The molecule has 0 aliphatic heterocycles. The maximum Gasteiger partial charge on any atom is 0.129 e. The molecule has 20 heavy (non-hydrogen) atoms. The summed E-state index contributed by atoms with van der Waals surface area (Å²) in [5.74, 6) is -0.506. The Kier molecular flexibility index (Phi) is 5.26. The minimum absolute atomic E-state index is 0.152. The standard InChI is InChI=1S/C16H16BrF2N/c1-2-20-15(10-11-6-8-12(18)9-7-11)16-13(17)4-3-5-14(16)19/h3-9,15,20H,2,10H2,1H3. The Bertz CT molecular complexity index is 549. The lowest BCUT2D eigenvalue weighted by molar-refractivity contribution is 0.507. The second-order valence-electron chi connectivity index (χ2n) is 4.58. The SMILES string of the molecule is CCNC(Cc1ccc(F)cc1)c1c(F)cccc1Br. The molecule has 1 atom stereocenters. The summed E-state index contributed by atoms with van der Waals surface area (Å²) < 4.78 is 27.7. The largest absolute Gasteiger partial charge is 0.310 e. The normalized spacial score (nSPS) is 12.4. The molecule has 0 radical (unpaired) electrons. The fourth-order valence-electron chi connectivity index (χ4n) is 2.22. The van der Waals surface area contributed by atoms with Crippen LogP contribution < -0.4 is 5.32 Å². The molecule has 0 heterocycles. The first-order valence-electron chi connectivity index (χ1n) is 6.53. The molecule has 2 rings (SSSR count). The van der Waals surface area contributed by atoms with E-state index in [1.165, 1.54) is 18.2 Å². The zero-order valence-corrected chi connectivity index (χ0v) is 12.8. The van der Waals surface area contributed by atoms with Crippen LogP contribution in [0.3, 0.4) is 0 Å². The maximum absolute atomic E-state index is 14.1. The summed E-state index contributed by atoms with van der Waals surface area (Å²) in [6.07, 6.45) is 0.605. The molecule has 1 N–H and O–H groups in total. The minimum Gasteiger partial charge on any atom is -0.310 e. The highest BCUT2D eigenvalue weighted by Crippen LogP contribution is 2.28. The average Bonchev–Trinajstić information content (AvgIpc) is 2.41. The van der Waals surface area contributed by atoms with Crippen molar-refractivity contribution in [3.05, 3.63) is 69.7 Å². The maximum atomic E-state index is 14.1. The van der Waals surface area contributed by atoms with Crippen LogP contribution >= 0.6 is 15.9 Å². The molecule has 1 nitrogen and oxygen atoms in total. The third kappa shape index (κ3) is 3.64. The van der Waals surface area contributed by atoms with Gasteiger partial charge in [-0.3, -0.25) is 0 Å². The van der Waals surface area contributed by atoms with Crippen LogP contribution in [0.5, 0.6) is 0 Å². The van der Waals surface area contributed by atoms with Crippen molar-refractivity contribution in [2.24, 2.45) is 0 Å². The Balaban J connectivity index is 2.29. The Morgan fingerprint density at radius 1 is 1.10 bits per heavy atom. The van der Waals surface area contributed by atoms with Crippen LogP contribution in [0.25, 0.3) is 0 Å². The number of likely N-dealkylation sites (N-methyl/N-ethyl adjacent to an activating group) is 1. The molecular formula is C16H16BrF2N. The van der Waals surface area contributed by atoms with Crippen molar-refractivity contribution < 1.29 is 8.78 Å². The van der Waals surface area contributed by atoms with Gasteiger partial charge in [-0.05, 0) is 42.8 Å². The van der Waals surface area contributed by atoms with Gasteiger partial charge in [0.2, 0.25) is 0 Å². The molecule has 1 unspecified atom stereocenters. The number of halogens is 3. The summed E-state index contributed by atoms with van der Waals surface area (Å²) in [5.41, 5.74) is 1.58. The van der Waals surface area contributed by atoms with Crippen molar-refractivity contribution in [3.63, 3.8) is 0 Å². The highest BCUT2D eigenvalue weighted by atomic mass is 79.9. The molecule has 0 aliphatic carbocycles. The molecule has 0 bridgehead atoms. The zero-order valence-electron chi connectivity index (χ0n) is 11.2. The Labute approximate surface area is 126 Å². The number of rotatable bonds is 5. The Hall–Kier alpha value is -1.26. The van der Waals surface area contributed by atoms with Crippen LogP contribution in [-0.2, 0) is 6.42 Å². The molecule has 4 heteroatoms. The quantitative estimate of drug-likeness (QED) is 0.837. The number of benzene rings is 2. The lowest BCUT2D eigenvalue weighted by Crippen LogP contribution is -2.24. The van der Waals surface area contributed by atoms with Gasteiger partial charge >= 0.3 is 0 Å². The van der Waals surface area contributed by atoms with E-state index in [0.717, 1.165) is 16.6 Å². The van der Waals surface area contributed by atoms with Crippen molar-refractivity contribution in [3.8, 4) is 0 Å². The van der Waals surface area contributed by atoms with Gasteiger partial charge in [-0.25, -0.2) is 8.78 Å². The van der Waals surface area contributed by atoms with Gasteiger partial charge in [0.25, 0.3) is 0 Å². The summed E-state index contributed by atoms with van der Waals surface area (Å²) in [6, 6.07) is 11.1. The van der Waals surface area contributed by atoms with Crippen LogP contribution in [0.2, 0.25) is 0 Å². The molecule has 0 fully saturated rings. The number of nitrogens with one attached hydrogen (secondary N) is 1. The first kappa shape index (κ1) is 15.1. The van der Waals surface area contributed by atoms with E-state index < -0.39 is 0 Å². The van der Waals surface area contributed by atoms with Gasteiger partial charge in [-0.2, -0.15) is 0 Å². The molecule has 0 aliphatic rings. The van der Waals surface area contributed by atoms with E-state index >= 15 is 0 Å². The predicted molar refractivity (Wildman–Crippen MR) is 80.6 cm³/mol. The second-order valence-corrected chi connectivity index (χ2v) is 5.43. The zero-order chi connectivity index (χ0) is 14.5. The fourth-order valence-corrected chi connectivity index (χ4v) is 2.84. The van der Waals surface area contributed by atoms with Gasteiger partial charge in [0.1, 0.15) is 11.6 Å². The highest BCUT2D eigenvalue weighted by molar-refractivity contribution is 9.10. The van der Waals surface area contributed by atoms with Crippen molar-refractivity contribution in [1.29, 1.82) is 0 Å². The van der Waals surface area contributed by atoms with Crippen molar-refractivity contribution in [1.82, 2.24) is 5.32 Å². The lowest BCUT2D eigenvalue weighted by Gasteiger charge is -2.20. The first-order valence-corrected chi connectivity index (χ1v) is 7.33. The fraction of sp³-hybridized carbons (Fsp3) is 0.250. The van der Waals surface area contributed by atoms with Crippen LogP contribution in [-0.4, -0.2) is 6.54 Å². The van der Waals surface area contributed by atoms with Gasteiger partial charge < -0.3 is 5.32 Å². The highest BCUT2D eigenvalue weighted by Gasteiger charge is 2.18. The van der Waals surface area contributed by atoms with E-state index in [2.05, 4.69) is 21.2 Å². The lowest BCUT2D eigenvalue weighted by atomic mass is 9.98. The first-order chi connectivity index (χ1) is 9.61. The van der Waals surface area contributed by atoms with Crippen LogP contribution in [0, 0.1) is 11.6 Å². The van der Waals surface area contributed by atoms with E-state index in [1.54, 1.807) is 18.2 Å². The number of hydrogen-bond acceptors (Lipinski definition) is 1. The third-order valence-corrected chi connectivity index (χ3v) is 3.84. The van der Waals surface area contributed by atoms with Gasteiger partial charge in [-0.1, -0.05) is 41.1 Å². The summed E-state index contributed by atoms with van der Waals surface area (Å²) >= 11 is 3.40. The Morgan fingerprint density at radius 2 is 1.80 bits per heavy atom. The molecule has 0 saturated heterocycles. The predicted octanol–water partition coefficient (Wildman–Crippen LogP) is 4.62. The van der Waals surface area contributed by atoms with Crippen molar-refractivity contribution in [2.45, 2.75) is 19.4 Å². The average molecular weight is 340 g/mol. The Morgan fingerprint density at radius 3 is 2.40 bits per heavy atom. The van der Waals surface area contributed by atoms with Crippen molar-refractivity contribution >= 4 is 15.9 Å². The van der Waals surface area contributed by atoms with Crippen LogP contribution in [0.4, 0.5) is 8.78 Å². The van der Waals surface area contributed by atoms with Gasteiger partial charge in [-0.15, -0.1) is 0 Å². The summed E-state index contributed by atoms with van der Waals surface area (Å²) in [5, 5.41) is 3.28. The molecule has 0 saturated carbocycles. The van der Waals surface area contributed by atoms with Gasteiger partial charge in [0, 0.05) is 16.1 Å². The molecule has 0 amide bonds.